The number of para-hydroxylation sites is 1. The Hall–Kier alpha value is -3.91. The van der Waals surface area contributed by atoms with Gasteiger partial charge in [0.25, 0.3) is 5.56 Å². The number of carbonyl (C=O) groups is 1. The highest BCUT2D eigenvalue weighted by atomic mass is 32.1. The number of aromatic amines is 1. The summed E-state index contributed by atoms with van der Waals surface area (Å²) in [7, 11) is 1.60. The minimum atomic E-state index is -0.662. The molecule has 4 aromatic rings. The van der Waals surface area contributed by atoms with Crippen molar-refractivity contribution >= 4 is 34.3 Å². The number of nitrogens with zero attached hydrogens (tertiary/aromatic N) is 2. The van der Waals surface area contributed by atoms with Crippen molar-refractivity contribution in [3.05, 3.63) is 96.3 Å². The predicted molar refractivity (Wildman–Crippen MR) is 141 cm³/mol. The number of allylic oxidation sites excluding steroid dienone is 1. The van der Waals surface area contributed by atoms with E-state index in [1.54, 1.807) is 32.4 Å². The van der Waals surface area contributed by atoms with Crippen molar-refractivity contribution in [2.75, 3.05) is 7.11 Å². The quantitative estimate of drug-likeness (QED) is 0.419. The summed E-state index contributed by atoms with van der Waals surface area (Å²) in [6, 6.07) is 14.7. The Balaban J connectivity index is 1.74. The topological polar surface area (TPSA) is 85.7 Å². The van der Waals surface area contributed by atoms with Crippen LogP contribution in [0.15, 0.2) is 69.6 Å². The van der Waals surface area contributed by atoms with Crippen LogP contribution < -0.4 is 19.6 Å². The molecule has 0 amide bonds. The second kappa shape index (κ2) is 9.28. The molecule has 0 bridgehead atoms. The zero-order chi connectivity index (χ0) is 25.6. The maximum atomic E-state index is 13.9. The van der Waals surface area contributed by atoms with Gasteiger partial charge in [-0.05, 0) is 57.5 Å². The van der Waals surface area contributed by atoms with Crippen LogP contribution in [0.25, 0.3) is 17.0 Å². The zero-order valence-electron chi connectivity index (χ0n) is 20.8. The molecule has 1 N–H and O–H groups in total. The standard InChI is InChI=1S/C28H27N3O4S/c1-15(2)35-27(33)24-17(4)30-28-31(25(24)18-10-12-19(34-5)13-11-18)26(32)23(36-28)14-21-16(3)29-22-9-7-6-8-20(21)22/h6-15,25,29H,1-5H3/b23-14-/t25-/m0/s1. The number of aryl methyl sites for hydroxylation is 1. The van der Waals surface area contributed by atoms with Gasteiger partial charge >= 0.3 is 5.97 Å². The van der Waals surface area contributed by atoms with Crippen LogP contribution in [-0.2, 0) is 9.53 Å². The molecule has 0 saturated carbocycles. The molecule has 184 valence electrons. The third-order valence-corrected chi connectivity index (χ3v) is 7.22. The van der Waals surface area contributed by atoms with Crippen molar-refractivity contribution in [3.8, 4) is 5.75 Å². The lowest BCUT2D eigenvalue weighted by Gasteiger charge is -2.25. The lowest BCUT2D eigenvalue weighted by Crippen LogP contribution is -2.40. The molecule has 7 nitrogen and oxygen atoms in total. The molecule has 3 heterocycles. The van der Waals surface area contributed by atoms with E-state index in [1.165, 1.54) is 11.3 Å². The molecule has 1 atom stereocenters. The van der Waals surface area contributed by atoms with Crippen LogP contribution in [-0.4, -0.2) is 28.7 Å². The van der Waals surface area contributed by atoms with Gasteiger partial charge in [-0.15, -0.1) is 0 Å². The summed E-state index contributed by atoms with van der Waals surface area (Å²) in [4.78, 5) is 35.7. The molecule has 36 heavy (non-hydrogen) atoms. The van der Waals surface area contributed by atoms with Crippen LogP contribution in [0.3, 0.4) is 0 Å². The lowest BCUT2D eigenvalue weighted by molar-refractivity contribution is -0.143. The van der Waals surface area contributed by atoms with E-state index in [1.807, 2.05) is 61.5 Å². The smallest absolute Gasteiger partial charge is 0.338 e. The number of fused-ring (bicyclic) bond motifs is 2. The van der Waals surface area contributed by atoms with Gasteiger partial charge in [-0.2, -0.15) is 0 Å². The van der Waals surface area contributed by atoms with E-state index in [0.29, 0.717) is 26.4 Å². The van der Waals surface area contributed by atoms with E-state index in [4.69, 9.17) is 9.47 Å². The number of carbonyl (C=O) groups excluding carboxylic acids is 1. The highest BCUT2D eigenvalue weighted by Crippen LogP contribution is 2.32. The van der Waals surface area contributed by atoms with E-state index >= 15 is 0 Å². The number of esters is 1. The molecule has 0 fully saturated rings. The number of hydrogen-bond donors (Lipinski definition) is 1. The molecule has 0 radical (unpaired) electrons. The van der Waals surface area contributed by atoms with Gasteiger partial charge in [0.05, 0.1) is 35.1 Å². The zero-order valence-corrected chi connectivity index (χ0v) is 21.6. The van der Waals surface area contributed by atoms with Gasteiger partial charge in [0, 0.05) is 22.2 Å². The van der Waals surface area contributed by atoms with Crippen molar-refractivity contribution in [2.45, 2.75) is 39.8 Å². The normalized spacial score (nSPS) is 15.8. The van der Waals surface area contributed by atoms with Gasteiger partial charge in [0.2, 0.25) is 0 Å². The second-order valence-corrected chi connectivity index (χ2v) is 10.0. The summed E-state index contributed by atoms with van der Waals surface area (Å²) in [6.07, 6.45) is 1.61. The fourth-order valence-corrected chi connectivity index (χ4v) is 5.61. The summed E-state index contributed by atoms with van der Waals surface area (Å²) in [5, 5.41) is 1.05. The van der Waals surface area contributed by atoms with E-state index in [0.717, 1.165) is 27.7 Å². The van der Waals surface area contributed by atoms with Crippen LogP contribution in [0.1, 0.15) is 43.6 Å². The Morgan fingerprint density at radius 1 is 1.14 bits per heavy atom. The number of ether oxygens (including phenoxy) is 2. The summed E-state index contributed by atoms with van der Waals surface area (Å²) >= 11 is 1.32. The first kappa shape index (κ1) is 23.8. The number of thiazole rings is 1. The molecule has 0 unspecified atom stereocenters. The largest absolute Gasteiger partial charge is 0.497 e. The van der Waals surface area contributed by atoms with E-state index < -0.39 is 12.0 Å². The third kappa shape index (κ3) is 4.07. The number of methoxy groups -OCH3 is 1. The summed E-state index contributed by atoms with van der Waals surface area (Å²) < 4.78 is 13.0. The average molecular weight is 502 g/mol. The van der Waals surface area contributed by atoms with E-state index in [2.05, 4.69) is 9.98 Å². The van der Waals surface area contributed by atoms with Gasteiger partial charge in [-0.1, -0.05) is 41.7 Å². The van der Waals surface area contributed by atoms with Gasteiger partial charge in [-0.25, -0.2) is 9.79 Å². The minimum Gasteiger partial charge on any atom is -0.497 e. The molecule has 0 saturated heterocycles. The van der Waals surface area contributed by atoms with Crippen molar-refractivity contribution in [2.24, 2.45) is 4.99 Å². The van der Waals surface area contributed by atoms with Gasteiger partial charge in [0.15, 0.2) is 4.80 Å². The molecular weight excluding hydrogens is 474 g/mol. The molecule has 2 aromatic heterocycles. The maximum absolute atomic E-state index is 13.9. The first-order chi connectivity index (χ1) is 17.3. The molecule has 1 aliphatic rings. The van der Waals surface area contributed by atoms with Crippen molar-refractivity contribution < 1.29 is 14.3 Å². The Kier molecular flexibility index (Phi) is 6.14. The maximum Gasteiger partial charge on any atom is 0.338 e. The van der Waals surface area contributed by atoms with E-state index in [9.17, 15) is 9.59 Å². The second-order valence-electron chi connectivity index (χ2n) is 9.02. The van der Waals surface area contributed by atoms with Crippen LogP contribution in [0.2, 0.25) is 0 Å². The number of aromatic nitrogens is 2. The Morgan fingerprint density at radius 3 is 2.56 bits per heavy atom. The number of hydrogen-bond acceptors (Lipinski definition) is 6. The lowest BCUT2D eigenvalue weighted by atomic mass is 9.96. The number of H-pyrrole nitrogens is 1. The number of benzene rings is 2. The average Bonchev–Trinajstić information content (AvgIpc) is 3.33. The minimum absolute atomic E-state index is 0.202. The highest BCUT2D eigenvalue weighted by molar-refractivity contribution is 7.07. The van der Waals surface area contributed by atoms with Crippen molar-refractivity contribution in [1.29, 1.82) is 0 Å². The summed E-state index contributed by atoms with van der Waals surface area (Å²) in [5.74, 6) is 0.210. The molecule has 5 rings (SSSR count). The Bertz CT molecular complexity index is 1690. The SMILES string of the molecule is COc1ccc([C@H]2C(C(=O)OC(C)C)=C(C)N=c3s/c(=C\c4c(C)[nH]c5ccccc45)c(=O)n32)cc1. The first-order valence-corrected chi connectivity index (χ1v) is 12.5. The van der Waals surface area contributed by atoms with Gasteiger partial charge < -0.3 is 14.5 Å². The van der Waals surface area contributed by atoms with Crippen LogP contribution in [0.5, 0.6) is 5.75 Å². The fourth-order valence-electron chi connectivity index (χ4n) is 4.58. The van der Waals surface area contributed by atoms with Crippen LogP contribution in [0, 0.1) is 6.92 Å². The van der Waals surface area contributed by atoms with Crippen LogP contribution >= 0.6 is 11.3 Å². The first-order valence-electron chi connectivity index (χ1n) is 11.7. The molecule has 8 heteroatoms. The molecule has 1 aliphatic heterocycles. The number of rotatable bonds is 5. The predicted octanol–water partition coefficient (Wildman–Crippen LogP) is 3.99. The van der Waals surface area contributed by atoms with Gasteiger partial charge in [0.1, 0.15) is 5.75 Å². The number of nitrogens with one attached hydrogen (secondary N) is 1. The highest BCUT2D eigenvalue weighted by Gasteiger charge is 2.33. The molecule has 0 spiro atoms. The van der Waals surface area contributed by atoms with Crippen molar-refractivity contribution in [1.82, 2.24) is 9.55 Å². The monoisotopic (exact) mass is 501 g/mol. The summed E-state index contributed by atoms with van der Waals surface area (Å²) in [5.41, 5.74) is 4.43. The Morgan fingerprint density at radius 2 is 1.86 bits per heavy atom. The third-order valence-electron chi connectivity index (χ3n) is 6.23. The molecule has 2 aromatic carbocycles. The molecular formula is C28H27N3O4S. The van der Waals surface area contributed by atoms with Gasteiger partial charge in [-0.3, -0.25) is 9.36 Å². The Labute approximate surface area is 212 Å². The van der Waals surface area contributed by atoms with Crippen LogP contribution in [0.4, 0.5) is 0 Å². The van der Waals surface area contributed by atoms with Crippen molar-refractivity contribution in [3.63, 3.8) is 0 Å². The van der Waals surface area contributed by atoms with E-state index in [-0.39, 0.29) is 11.7 Å². The summed E-state index contributed by atoms with van der Waals surface area (Å²) in [6.45, 7) is 7.38. The fraction of sp³-hybridized carbons (Fsp3) is 0.250. The molecule has 0 aliphatic carbocycles.